The Hall–Kier alpha value is -0.0000000000000000486. The summed E-state index contributed by atoms with van der Waals surface area (Å²) in [5.41, 5.74) is 0. The Kier molecular flexibility index (Phi) is 9.55. The third-order valence-electron chi connectivity index (χ3n) is 1.79. The first kappa shape index (κ1) is 14.0. The Bertz CT molecular complexity index is 156. The number of thioether (sulfide) groups is 1. The lowest BCUT2D eigenvalue weighted by atomic mass is 10.3. The molecule has 5 heteroatoms. The molecule has 0 bridgehead atoms. The summed E-state index contributed by atoms with van der Waals surface area (Å²) in [6.07, 6.45) is 3.19. The molecule has 1 unspecified atom stereocenters. The van der Waals surface area contributed by atoms with E-state index in [2.05, 4.69) is 23.8 Å². The summed E-state index contributed by atoms with van der Waals surface area (Å²) in [5, 5.41) is 7.09. The molecule has 0 saturated heterocycles. The van der Waals surface area contributed by atoms with Gasteiger partial charge in [-0.25, -0.2) is 0 Å². The molecule has 0 amide bonds. The second-order valence-corrected chi connectivity index (χ2v) is 4.27. The van der Waals surface area contributed by atoms with Crippen molar-refractivity contribution in [1.82, 2.24) is 10.6 Å². The smallest absolute Gasteiger partial charge is 0.166 e. The van der Waals surface area contributed by atoms with Crippen LogP contribution in [0.4, 0.5) is 0 Å². The van der Waals surface area contributed by atoms with E-state index in [0.29, 0.717) is 12.6 Å². The number of hydrogen-bond acceptors (Lipinski definition) is 3. The lowest BCUT2D eigenvalue weighted by molar-refractivity contribution is 0.204. The lowest BCUT2D eigenvalue weighted by Gasteiger charge is -2.18. The Morgan fingerprint density at radius 3 is 2.79 bits per heavy atom. The van der Waals surface area contributed by atoms with Crippen molar-refractivity contribution in [1.29, 1.82) is 0 Å². The van der Waals surface area contributed by atoms with E-state index in [1.54, 1.807) is 7.11 Å². The molecule has 0 saturated carbocycles. The monoisotopic (exact) mass is 236 g/mol. The van der Waals surface area contributed by atoms with Crippen molar-refractivity contribution in [2.24, 2.45) is 0 Å². The minimum absolute atomic E-state index is 0.465. The highest BCUT2D eigenvalue weighted by Gasteiger charge is 2.05. The van der Waals surface area contributed by atoms with Crippen LogP contribution in [-0.2, 0) is 4.74 Å². The van der Waals surface area contributed by atoms with Crippen LogP contribution in [-0.4, -0.2) is 43.4 Å². The van der Waals surface area contributed by atoms with Crippen LogP contribution in [0, 0.1) is 0 Å². The summed E-state index contributed by atoms with van der Waals surface area (Å²) in [4.78, 5) is 0. The first-order valence-electron chi connectivity index (χ1n) is 4.76. The molecule has 14 heavy (non-hydrogen) atoms. The van der Waals surface area contributed by atoms with Gasteiger partial charge in [-0.1, -0.05) is 6.92 Å². The van der Waals surface area contributed by atoms with Crippen molar-refractivity contribution >= 4 is 29.1 Å². The predicted molar refractivity (Wildman–Crippen MR) is 68.1 cm³/mol. The van der Waals surface area contributed by atoms with Gasteiger partial charge in [0.15, 0.2) is 5.11 Å². The Morgan fingerprint density at radius 2 is 2.29 bits per heavy atom. The van der Waals surface area contributed by atoms with E-state index in [1.807, 2.05) is 11.8 Å². The molecule has 0 radical (unpaired) electrons. The lowest BCUT2D eigenvalue weighted by Crippen LogP contribution is -2.43. The fourth-order valence-electron chi connectivity index (χ4n) is 0.966. The van der Waals surface area contributed by atoms with Crippen LogP contribution in [0.15, 0.2) is 0 Å². The molecule has 0 spiro atoms. The second kappa shape index (κ2) is 9.55. The normalized spacial score (nSPS) is 12.2. The molecule has 2 N–H and O–H groups in total. The van der Waals surface area contributed by atoms with E-state index >= 15 is 0 Å². The van der Waals surface area contributed by atoms with Crippen LogP contribution < -0.4 is 10.6 Å². The van der Waals surface area contributed by atoms with E-state index < -0.39 is 0 Å². The summed E-state index contributed by atoms with van der Waals surface area (Å²) in [5.74, 6) is 1.09. The van der Waals surface area contributed by atoms with Gasteiger partial charge in [-0.15, -0.1) is 0 Å². The summed E-state index contributed by atoms with van der Waals surface area (Å²) in [7, 11) is 1.68. The summed E-state index contributed by atoms with van der Waals surface area (Å²) in [6.45, 7) is 3.60. The highest BCUT2D eigenvalue weighted by atomic mass is 32.2. The van der Waals surface area contributed by atoms with Gasteiger partial charge in [-0.3, -0.25) is 0 Å². The fourth-order valence-corrected chi connectivity index (χ4v) is 1.96. The predicted octanol–water partition coefficient (Wildman–Crippen LogP) is 1.24. The van der Waals surface area contributed by atoms with Crippen molar-refractivity contribution in [2.75, 3.05) is 32.3 Å². The quantitative estimate of drug-likeness (QED) is 0.513. The molecule has 0 heterocycles. The Balaban J connectivity index is 3.56. The van der Waals surface area contributed by atoms with Crippen molar-refractivity contribution in [3.8, 4) is 0 Å². The molecular weight excluding hydrogens is 216 g/mol. The first-order chi connectivity index (χ1) is 6.74. The number of hydrogen-bond donors (Lipinski definition) is 2. The van der Waals surface area contributed by atoms with Crippen LogP contribution in [0.1, 0.15) is 13.3 Å². The topological polar surface area (TPSA) is 33.3 Å². The average Bonchev–Trinajstić information content (AvgIpc) is 2.17. The highest BCUT2D eigenvalue weighted by molar-refractivity contribution is 7.98. The standard InChI is InChI=1S/C9H20N2OS2/c1-4-8(7-14-3)11-9(13)10-5-6-12-2/h8H,4-7H2,1-3H3,(H2,10,11,13). The molecule has 0 aliphatic rings. The molecule has 1 atom stereocenters. The second-order valence-electron chi connectivity index (χ2n) is 2.95. The van der Waals surface area contributed by atoms with Gasteiger partial charge in [0.05, 0.1) is 6.61 Å². The van der Waals surface area contributed by atoms with Gasteiger partial charge in [0.1, 0.15) is 0 Å². The number of methoxy groups -OCH3 is 1. The van der Waals surface area contributed by atoms with E-state index in [4.69, 9.17) is 17.0 Å². The van der Waals surface area contributed by atoms with Crippen LogP contribution in [0.25, 0.3) is 0 Å². The number of ether oxygens (including phenoxy) is 1. The van der Waals surface area contributed by atoms with Gasteiger partial charge in [0.25, 0.3) is 0 Å². The zero-order chi connectivity index (χ0) is 10.8. The van der Waals surface area contributed by atoms with E-state index in [0.717, 1.165) is 23.8 Å². The van der Waals surface area contributed by atoms with Crippen LogP contribution in [0.5, 0.6) is 0 Å². The molecular formula is C9H20N2OS2. The molecule has 84 valence electrons. The Labute approximate surface area is 96.4 Å². The van der Waals surface area contributed by atoms with Gasteiger partial charge in [0, 0.05) is 25.4 Å². The van der Waals surface area contributed by atoms with Gasteiger partial charge in [-0.2, -0.15) is 11.8 Å². The van der Waals surface area contributed by atoms with Gasteiger partial charge < -0.3 is 15.4 Å². The van der Waals surface area contributed by atoms with E-state index in [1.165, 1.54) is 0 Å². The van der Waals surface area contributed by atoms with Crippen molar-refractivity contribution in [3.05, 3.63) is 0 Å². The number of rotatable bonds is 7. The molecule has 0 aromatic heterocycles. The van der Waals surface area contributed by atoms with Crippen LogP contribution >= 0.6 is 24.0 Å². The largest absolute Gasteiger partial charge is 0.383 e. The third kappa shape index (κ3) is 7.41. The average molecular weight is 236 g/mol. The zero-order valence-electron chi connectivity index (χ0n) is 9.13. The molecule has 0 rings (SSSR count). The molecule has 0 aromatic rings. The molecule has 0 fully saturated rings. The Morgan fingerprint density at radius 1 is 1.57 bits per heavy atom. The SMILES string of the molecule is CCC(CSC)NC(=S)NCCOC. The van der Waals surface area contributed by atoms with Crippen molar-refractivity contribution in [3.63, 3.8) is 0 Å². The summed E-state index contributed by atoms with van der Waals surface area (Å²) in [6, 6.07) is 0.465. The first-order valence-corrected chi connectivity index (χ1v) is 6.57. The highest BCUT2D eigenvalue weighted by Crippen LogP contribution is 2.00. The third-order valence-corrected chi connectivity index (χ3v) is 2.79. The van der Waals surface area contributed by atoms with Crippen molar-refractivity contribution in [2.45, 2.75) is 19.4 Å². The summed E-state index contributed by atoms with van der Waals surface area (Å²) >= 11 is 6.97. The molecule has 0 aliphatic carbocycles. The maximum Gasteiger partial charge on any atom is 0.166 e. The maximum absolute atomic E-state index is 5.14. The molecule has 0 aromatic carbocycles. The van der Waals surface area contributed by atoms with Gasteiger partial charge in [0.2, 0.25) is 0 Å². The zero-order valence-corrected chi connectivity index (χ0v) is 10.8. The summed E-state index contributed by atoms with van der Waals surface area (Å²) < 4.78 is 4.92. The minimum Gasteiger partial charge on any atom is -0.383 e. The fraction of sp³-hybridized carbons (Fsp3) is 0.889. The van der Waals surface area contributed by atoms with E-state index in [9.17, 15) is 0 Å². The van der Waals surface area contributed by atoms with Crippen LogP contribution in [0.2, 0.25) is 0 Å². The molecule has 0 aliphatic heterocycles. The molecule has 3 nitrogen and oxygen atoms in total. The minimum atomic E-state index is 0.465. The van der Waals surface area contributed by atoms with Crippen molar-refractivity contribution < 1.29 is 4.74 Å². The van der Waals surface area contributed by atoms with Gasteiger partial charge >= 0.3 is 0 Å². The van der Waals surface area contributed by atoms with Crippen LogP contribution in [0.3, 0.4) is 0 Å². The number of thiocarbonyl (C=S) groups is 1. The van der Waals surface area contributed by atoms with E-state index in [-0.39, 0.29) is 0 Å². The number of nitrogens with one attached hydrogen (secondary N) is 2. The van der Waals surface area contributed by atoms with Gasteiger partial charge in [-0.05, 0) is 24.9 Å². The maximum atomic E-state index is 5.14.